The standard InChI is InChI=1S/C16H16BrClFNO/c1-9-4-5-15(21-3)12(6-9)10(2)20-16-13(17)7-11(19)8-14(16)18/h4-8,10,20H,1-3H3. The van der Waals surface area contributed by atoms with Gasteiger partial charge in [0, 0.05) is 10.0 Å². The number of hydrogen-bond acceptors (Lipinski definition) is 2. The van der Waals surface area contributed by atoms with E-state index < -0.39 is 0 Å². The number of ether oxygens (including phenoxy) is 1. The number of nitrogens with one attached hydrogen (secondary N) is 1. The monoisotopic (exact) mass is 371 g/mol. The predicted octanol–water partition coefficient (Wildman–Crippen LogP) is 5.73. The van der Waals surface area contributed by atoms with Crippen LogP contribution in [0.3, 0.4) is 0 Å². The summed E-state index contributed by atoms with van der Waals surface area (Å²) < 4.78 is 19.3. The Morgan fingerprint density at radius 1 is 1.29 bits per heavy atom. The van der Waals surface area contributed by atoms with E-state index in [4.69, 9.17) is 16.3 Å². The molecule has 5 heteroatoms. The van der Waals surface area contributed by atoms with Crippen molar-refractivity contribution in [1.29, 1.82) is 0 Å². The number of aryl methyl sites for hydroxylation is 1. The van der Waals surface area contributed by atoms with E-state index in [1.165, 1.54) is 12.1 Å². The number of methoxy groups -OCH3 is 1. The molecule has 0 saturated heterocycles. The molecule has 0 amide bonds. The molecule has 1 unspecified atom stereocenters. The van der Waals surface area contributed by atoms with Gasteiger partial charge < -0.3 is 10.1 Å². The van der Waals surface area contributed by atoms with Gasteiger partial charge in [-0.25, -0.2) is 4.39 Å². The smallest absolute Gasteiger partial charge is 0.125 e. The third-order valence-electron chi connectivity index (χ3n) is 3.22. The summed E-state index contributed by atoms with van der Waals surface area (Å²) in [7, 11) is 1.64. The van der Waals surface area contributed by atoms with Crippen molar-refractivity contribution in [3.8, 4) is 5.75 Å². The molecule has 0 aliphatic rings. The number of rotatable bonds is 4. The van der Waals surface area contributed by atoms with Gasteiger partial charge >= 0.3 is 0 Å². The average molecular weight is 373 g/mol. The maximum absolute atomic E-state index is 13.3. The van der Waals surface area contributed by atoms with Gasteiger partial charge in [-0.05, 0) is 48.0 Å². The van der Waals surface area contributed by atoms with E-state index in [1.807, 2.05) is 26.0 Å². The van der Waals surface area contributed by atoms with Crippen LogP contribution in [0.2, 0.25) is 5.02 Å². The minimum atomic E-state index is -0.377. The molecule has 0 radical (unpaired) electrons. The molecule has 0 spiro atoms. The van der Waals surface area contributed by atoms with Crippen molar-refractivity contribution < 1.29 is 9.13 Å². The summed E-state index contributed by atoms with van der Waals surface area (Å²) in [6.07, 6.45) is 0. The normalized spacial score (nSPS) is 12.1. The van der Waals surface area contributed by atoms with Crippen molar-refractivity contribution in [2.45, 2.75) is 19.9 Å². The molecule has 0 saturated carbocycles. The fourth-order valence-corrected chi connectivity index (χ4v) is 3.09. The number of anilines is 1. The van der Waals surface area contributed by atoms with E-state index in [0.29, 0.717) is 15.2 Å². The molecule has 0 heterocycles. The Bertz CT molecular complexity index is 640. The van der Waals surface area contributed by atoms with Crippen LogP contribution in [-0.2, 0) is 0 Å². The van der Waals surface area contributed by atoms with E-state index in [-0.39, 0.29) is 11.9 Å². The lowest BCUT2D eigenvalue weighted by Crippen LogP contribution is -2.09. The van der Waals surface area contributed by atoms with E-state index in [9.17, 15) is 4.39 Å². The molecule has 0 fully saturated rings. The average Bonchev–Trinajstić information content (AvgIpc) is 2.42. The highest BCUT2D eigenvalue weighted by Gasteiger charge is 2.15. The van der Waals surface area contributed by atoms with Gasteiger partial charge in [-0.15, -0.1) is 0 Å². The van der Waals surface area contributed by atoms with Crippen LogP contribution < -0.4 is 10.1 Å². The minimum absolute atomic E-state index is 0.0425. The molecular formula is C16H16BrClFNO. The third kappa shape index (κ3) is 3.69. The Kier molecular flexibility index (Phi) is 5.12. The Labute approximate surface area is 137 Å². The van der Waals surface area contributed by atoms with E-state index >= 15 is 0 Å². The molecule has 0 bridgehead atoms. The van der Waals surface area contributed by atoms with Crippen molar-refractivity contribution >= 4 is 33.2 Å². The van der Waals surface area contributed by atoms with Gasteiger partial charge in [0.2, 0.25) is 0 Å². The van der Waals surface area contributed by atoms with Gasteiger partial charge in [-0.3, -0.25) is 0 Å². The first-order chi connectivity index (χ1) is 9.92. The molecule has 2 aromatic carbocycles. The molecular weight excluding hydrogens is 357 g/mol. The van der Waals surface area contributed by atoms with E-state index in [1.54, 1.807) is 7.11 Å². The Morgan fingerprint density at radius 2 is 2.00 bits per heavy atom. The number of benzene rings is 2. The first kappa shape index (κ1) is 16.1. The second-order valence-electron chi connectivity index (χ2n) is 4.86. The minimum Gasteiger partial charge on any atom is -0.496 e. The van der Waals surface area contributed by atoms with Crippen molar-refractivity contribution in [3.63, 3.8) is 0 Å². The maximum atomic E-state index is 13.3. The second kappa shape index (κ2) is 6.67. The van der Waals surface area contributed by atoms with Crippen molar-refractivity contribution in [2.24, 2.45) is 0 Å². The van der Waals surface area contributed by atoms with Crippen LogP contribution in [0.5, 0.6) is 5.75 Å². The molecule has 21 heavy (non-hydrogen) atoms. The van der Waals surface area contributed by atoms with Crippen LogP contribution in [-0.4, -0.2) is 7.11 Å². The summed E-state index contributed by atoms with van der Waals surface area (Å²) in [6, 6.07) is 8.62. The van der Waals surface area contributed by atoms with Crippen molar-refractivity contribution in [3.05, 3.63) is 56.8 Å². The SMILES string of the molecule is COc1ccc(C)cc1C(C)Nc1c(Cl)cc(F)cc1Br. The van der Waals surface area contributed by atoms with Gasteiger partial charge in [0.05, 0.1) is 23.9 Å². The van der Waals surface area contributed by atoms with Gasteiger partial charge in [-0.1, -0.05) is 29.3 Å². The van der Waals surface area contributed by atoms with Gasteiger partial charge in [0.1, 0.15) is 11.6 Å². The molecule has 1 N–H and O–H groups in total. The Hall–Kier alpha value is -1.26. The summed E-state index contributed by atoms with van der Waals surface area (Å²) in [6.45, 7) is 4.03. The molecule has 1 atom stereocenters. The molecule has 0 aliphatic heterocycles. The quantitative estimate of drug-likeness (QED) is 0.740. The summed E-state index contributed by atoms with van der Waals surface area (Å²) >= 11 is 9.44. The van der Waals surface area contributed by atoms with E-state index in [2.05, 4.69) is 27.3 Å². The third-order valence-corrected chi connectivity index (χ3v) is 4.14. The molecule has 0 aromatic heterocycles. The number of halogens is 3. The molecule has 0 aliphatic carbocycles. The van der Waals surface area contributed by atoms with Crippen molar-refractivity contribution in [2.75, 3.05) is 12.4 Å². The highest BCUT2D eigenvalue weighted by atomic mass is 79.9. The zero-order chi connectivity index (χ0) is 15.6. The van der Waals surface area contributed by atoms with Crippen molar-refractivity contribution in [1.82, 2.24) is 0 Å². The predicted molar refractivity (Wildman–Crippen MR) is 88.9 cm³/mol. The van der Waals surface area contributed by atoms with Crippen LogP contribution in [0.25, 0.3) is 0 Å². The Balaban J connectivity index is 2.34. The number of hydrogen-bond donors (Lipinski definition) is 1. The lowest BCUT2D eigenvalue weighted by atomic mass is 10.0. The molecule has 2 aromatic rings. The Morgan fingerprint density at radius 3 is 2.62 bits per heavy atom. The molecule has 2 nitrogen and oxygen atoms in total. The van der Waals surface area contributed by atoms with Gasteiger partial charge in [0.25, 0.3) is 0 Å². The summed E-state index contributed by atoms with van der Waals surface area (Å²) in [4.78, 5) is 0. The first-order valence-corrected chi connectivity index (χ1v) is 7.65. The highest BCUT2D eigenvalue weighted by Crippen LogP contribution is 2.36. The highest BCUT2D eigenvalue weighted by molar-refractivity contribution is 9.10. The first-order valence-electron chi connectivity index (χ1n) is 6.48. The van der Waals surface area contributed by atoms with Crippen LogP contribution in [0.15, 0.2) is 34.8 Å². The summed E-state index contributed by atoms with van der Waals surface area (Å²) in [5.74, 6) is 0.424. The lowest BCUT2D eigenvalue weighted by molar-refractivity contribution is 0.408. The van der Waals surface area contributed by atoms with Crippen LogP contribution in [0.4, 0.5) is 10.1 Å². The topological polar surface area (TPSA) is 21.3 Å². The molecule has 112 valence electrons. The van der Waals surface area contributed by atoms with Gasteiger partial charge in [-0.2, -0.15) is 0 Å². The fourth-order valence-electron chi connectivity index (χ4n) is 2.17. The zero-order valence-electron chi connectivity index (χ0n) is 12.0. The largest absolute Gasteiger partial charge is 0.496 e. The summed E-state index contributed by atoms with van der Waals surface area (Å²) in [5, 5.41) is 3.63. The second-order valence-corrected chi connectivity index (χ2v) is 6.12. The van der Waals surface area contributed by atoms with Crippen LogP contribution in [0, 0.1) is 12.7 Å². The van der Waals surface area contributed by atoms with E-state index in [0.717, 1.165) is 16.9 Å². The molecule has 2 rings (SSSR count). The van der Waals surface area contributed by atoms with Crippen LogP contribution >= 0.6 is 27.5 Å². The van der Waals surface area contributed by atoms with Gasteiger partial charge in [0.15, 0.2) is 0 Å². The summed E-state index contributed by atoms with van der Waals surface area (Å²) in [5.41, 5.74) is 2.82. The van der Waals surface area contributed by atoms with Crippen LogP contribution in [0.1, 0.15) is 24.1 Å². The maximum Gasteiger partial charge on any atom is 0.125 e. The lowest BCUT2D eigenvalue weighted by Gasteiger charge is -2.20. The zero-order valence-corrected chi connectivity index (χ0v) is 14.3. The fraction of sp³-hybridized carbons (Fsp3) is 0.250.